The fraction of sp³-hybridized carbons (Fsp3) is 0.900. The van der Waals surface area contributed by atoms with Crippen LogP contribution in [0.1, 0.15) is 33.6 Å². The van der Waals surface area contributed by atoms with Gasteiger partial charge in [-0.05, 0) is 19.3 Å². The Morgan fingerprint density at radius 3 is 2.50 bits per heavy atom. The van der Waals surface area contributed by atoms with Crippen LogP contribution in [0.4, 0.5) is 0 Å². The third kappa shape index (κ3) is 4.07. The van der Waals surface area contributed by atoms with Crippen LogP contribution in [-0.4, -0.2) is 29.8 Å². The van der Waals surface area contributed by atoms with Gasteiger partial charge in [-0.2, -0.15) is 0 Å². The van der Waals surface area contributed by atoms with Crippen LogP contribution in [0.2, 0.25) is 0 Å². The quantitative estimate of drug-likeness (QED) is 0.622. The second-order valence-electron chi connectivity index (χ2n) is 3.53. The number of rotatable bonds is 6. The first kappa shape index (κ1) is 13.4. The molecular formula is C10H21NO3. The second kappa shape index (κ2) is 6.79. The van der Waals surface area contributed by atoms with Crippen molar-refractivity contribution >= 4 is 5.97 Å². The van der Waals surface area contributed by atoms with Gasteiger partial charge in [0.15, 0.2) is 0 Å². The van der Waals surface area contributed by atoms with Crippen LogP contribution >= 0.6 is 0 Å². The molecule has 0 saturated heterocycles. The van der Waals surface area contributed by atoms with Gasteiger partial charge in [-0.25, -0.2) is 0 Å². The van der Waals surface area contributed by atoms with E-state index in [1.54, 1.807) is 6.92 Å². The molecule has 84 valence electrons. The molecule has 0 saturated carbocycles. The smallest absolute Gasteiger partial charge is 0.325 e. The minimum atomic E-state index is -0.920. The summed E-state index contributed by atoms with van der Waals surface area (Å²) in [5, 5.41) is 9.69. The Labute approximate surface area is 85.4 Å². The number of hydrogen-bond donors (Lipinski definition) is 2. The van der Waals surface area contributed by atoms with E-state index < -0.39 is 18.1 Å². The standard InChI is InChI=1S/C10H21NO3/c1-4-6-7(3)9(12)8(11)10(13)14-5-2/h7-9,12H,4-6,11H2,1-3H3. The normalized spacial score (nSPS) is 17.2. The maximum atomic E-state index is 11.2. The van der Waals surface area contributed by atoms with E-state index in [9.17, 15) is 9.90 Å². The van der Waals surface area contributed by atoms with Crippen LogP contribution in [0, 0.1) is 5.92 Å². The van der Waals surface area contributed by atoms with E-state index in [1.165, 1.54) is 0 Å². The predicted octanol–water partition coefficient (Wildman–Crippen LogP) is 0.674. The molecule has 0 spiro atoms. The first-order chi connectivity index (χ1) is 6.54. The molecule has 0 aliphatic carbocycles. The summed E-state index contributed by atoms with van der Waals surface area (Å²) in [6.45, 7) is 5.92. The maximum Gasteiger partial charge on any atom is 0.325 e. The molecule has 3 atom stereocenters. The number of carbonyl (C=O) groups excluding carboxylic acids is 1. The molecule has 14 heavy (non-hydrogen) atoms. The van der Waals surface area contributed by atoms with Gasteiger partial charge in [0.1, 0.15) is 6.04 Å². The zero-order chi connectivity index (χ0) is 11.1. The van der Waals surface area contributed by atoms with Crippen molar-refractivity contribution in [2.75, 3.05) is 6.61 Å². The zero-order valence-electron chi connectivity index (χ0n) is 9.19. The summed E-state index contributed by atoms with van der Waals surface area (Å²) >= 11 is 0. The topological polar surface area (TPSA) is 72.5 Å². The molecule has 0 bridgehead atoms. The maximum absolute atomic E-state index is 11.2. The number of carbonyl (C=O) groups is 1. The first-order valence-electron chi connectivity index (χ1n) is 5.14. The van der Waals surface area contributed by atoms with Crippen molar-refractivity contribution in [3.05, 3.63) is 0 Å². The minimum Gasteiger partial charge on any atom is -0.465 e. The highest BCUT2D eigenvalue weighted by molar-refractivity contribution is 5.76. The lowest BCUT2D eigenvalue weighted by atomic mass is 9.94. The lowest BCUT2D eigenvalue weighted by Gasteiger charge is -2.22. The Morgan fingerprint density at radius 2 is 2.07 bits per heavy atom. The molecule has 4 nitrogen and oxygen atoms in total. The number of nitrogens with two attached hydrogens (primary N) is 1. The van der Waals surface area contributed by atoms with E-state index in [-0.39, 0.29) is 5.92 Å². The second-order valence-corrected chi connectivity index (χ2v) is 3.53. The van der Waals surface area contributed by atoms with Crippen LogP contribution in [0.3, 0.4) is 0 Å². The molecule has 0 radical (unpaired) electrons. The number of hydrogen-bond acceptors (Lipinski definition) is 4. The lowest BCUT2D eigenvalue weighted by Crippen LogP contribution is -2.46. The van der Waals surface area contributed by atoms with Crippen LogP contribution in [0.15, 0.2) is 0 Å². The van der Waals surface area contributed by atoms with Gasteiger partial charge in [-0.1, -0.05) is 20.3 Å². The highest BCUT2D eigenvalue weighted by atomic mass is 16.5. The average molecular weight is 203 g/mol. The largest absolute Gasteiger partial charge is 0.465 e. The molecule has 0 fully saturated rings. The van der Waals surface area contributed by atoms with Crippen LogP contribution in [-0.2, 0) is 9.53 Å². The fourth-order valence-corrected chi connectivity index (χ4v) is 1.36. The van der Waals surface area contributed by atoms with Gasteiger partial charge in [-0.3, -0.25) is 4.79 Å². The number of ether oxygens (including phenoxy) is 1. The highest BCUT2D eigenvalue weighted by Crippen LogP contribution is 2.13. The molecule has 0 amide bonds. The Morgan fingerprint density at radius 1 is 1.50 bits per heavy atom. The van der Waals surface area contributed by atoms with E-state index >= 15 is 0 Å². The Hall–Kier alpha value is -0.610. The Balaban J connectivity index is 4.08. The first-order valence-corrected chi connectivity index (χ1v) is 5.14. The summed E-state index contributed by atoms with van der Waals surface area (Å²) in [7, 11) is 0. The van der Waals surface area contributed by atoms with Gasteiger partial charge in [0.05, 0.1) is 12.7 Å². The van der Waals surface area contributed by atoms with Gasteiger partial charge in [-0.15, -0.1) is 0 Å². The van der Waals surface area contributed by atoms with Crippen molar-refractivity contribution in [2.24, 2.45) is 11.7 Å². The van der Waals surface area contributed by atoms with E-state index in [1.807, 2.05) is 13.8 Å². The highest BCUT2D eigenvalue weighted by Gasteiger charge is 2.27. The summed E-state index contributed by atoms with van der Waals surface area (Å²) in [6.07, 6.45) is 1.01. The third-order valence-electron chi connectivity index (χ3n) is 2.25. The SMILES string of the molecule is CCCC(C)C(O)C(N)C(=O)OCC. The Bertz CT molecular complexity index is 173. The third-order valence-corrected chi connectivity index (χ3v) is 2.25. The van der Waals surface area contributed by atoms with E-state index in [4.69, 9.17) is 10.5 Å². The molecule has 0 aromatic rings. The monoisotopic (exact) mass is 203 g/mol. The van der Waals surface area contributed by atoms with E-state index in [0.29, 0.717) is 6.61 Å². The number of aliphatic hydroxyl groups is 1. The Kier molecular flexibility index (Phi) is 6.49. The number of aliphatic hydroxyl groups excluding tert-OH is 1. The van der Waals surface area contributed by atoms with Crippen LogP contribution < -0.4 is 5.73 Å². The van der Waals surface area contributed by atoms with E-state index in [2.05, 4.69) is 0 Å². The summed E-state index contributed by atoms with van der Waals surface area (Å²) in [5.74, 6) is -0.498. The summed E-state index contributed by atoms with van der Waals surface area (Å²) < 4.78 is 4.73. The van der Waals surface area contributed by atoms with Crippen molar-refractivity contribution in [1.82, 2.24) is 0 Å². The lowest BCUT2D eigenvalue weighted by molar-refractivity contribution is -0.148. The number of esters is 1. The minimum absolute atomic E-state index is 0.0272. The van der Waals surface area contributed by atoms with Crippen molar-refractivity contribution in [1.29, 1.82) is 0 Å². The molecule has 0 rings (SSSR count). The molecule has 3 N–H and O–H groups in total. The van der Waals surface area contributed by atoms with Crippen LogP contribution in [0.5, 0.6) is 0 Å². The van der Waals surface area contributed by atoms with E-state index in [0.717, 1.165) is 12.8 Å². The summed E-state index contributed by atoms with van der Waals surface area (Å²) in [4.78, 5) is 11.2. The molecule has 0 aromatic carbocycles. The molecule has 0 heterocycles. The molecular weight excluding hydrogens is 182 g/mol. The van der Waals surface area contributed by atoms with Crippen molar-refractivity contribution in [3.8, 4) is 0 Å². The van der Waals surface area contributed by atoms with Gasteiger partial charge in [0, 0.05) is 0 Å². The van der Waals surface area contributed by atoms with Gasteiger partial charge < -0.3 is 15.6 Å². The predicted molar refractivity (Wildman–Crippen MR) is 54.7 cm³/mol. The van der Waals surface area contributed by atoms with Gasteiger partial charge in [0.2, 0.25) is 0 Å². The molecule has 0 aliphatic rings. The molecule has 3 unspecified atom stereocenters. The summed E-state index contributed by atoms with van der Waals surface area (Å²) in [6, 6.07) is -0.920. The van der Waals surface area contributed by atoms with Gasteiger partial charge >= 0.3 is 5.97 Å². The van der Waals surface area contributed by atoms with Gasteiger partial charge in [0.25, 0.3) is 0 Å². The molecule has 0 aromatic heterocycles. The fourth-order valence-electron chi connectivity index (χ4n) is 1.36. The zero-order valence-corrected chi connectivity index (χ0v) is 9.19. The van der Waals surface area contributed by atoms with Crippen molar-refractivity contribution in [3.63, 3.8) is 0 Å². The average Bonchev–Trinajstić information content (AvgIpc) is 2.16. The van der Waals surface area contributed by atoms with Crippen molar-refractivity contribution in [2.45, 2.75) is 45.8 Å². The van der Waals surface area contributed by atoms with Crippen molar-refractivity contribution < 1.29 is 14.6 Å². The molecule has 0 aliphatic heterocycles. The summed E-state index contributed by atoms with van der Waals surface area (Å²) in [5.41, 5.74) is 5.55. The molecule has 4 heteroatoms. The van der Waals surface area contributed by atoms with Crippen LogP contribution in [0.25, 0.3) is 0 Å².